The molecule has 0 heterocycles. The van der Waals surface area contributed by atoms with Gasteiger partial charge < -0.3 is 10.6 Å². The summed E-state index contributed by atoms with van der Waals surface area (Å²) in [5.74, 6) is 0.0475. The summed E-state index contributed by atoms with van der Waals surface area (Å²) in [5.41, 5.74) is 2.27. The van der Waals surface area contributed by atoms with Crippen LogP contribution in [0.4, 0.5) is 5.69 Å². The van der Waals surface area contributed by atoms with Crippen molar-refractivity contribution in [2.45, 2.75) is 52.6 Å². The van der Waals surface area contributed by atoms with Gasteiger partial charge in [-0.25, -0.2) is 0 Å². The minimum atomic E-state index is -0.217. The molecule has 3 heteroatoms. The van der Waals surface area contributed by atoms with Crippen LogP contribution >= 0.6 is 0 Å². The van der Waals surface area contributed by atoms with Crippen LogP contribution in [0.3, 0.4) is 0 Å². The van der Waals surface area contributed by atoms with Gasteiger partial charge in [0.25, 0.3) is 0 Å². The van der Waals surface area contributed by atoms with E-state index in [9.17, 15) is 4.79 Å². The largest absolute Gasteiger partial charge is 0.374 e. The third-order valence-electron chi connectivity index (χ3n) is 3.11. The van der Waals surface area contributed by atoms with E-state index in [0.717, 1.165) is 18.5 Å². The first kappa shape index (κ1) is 14.6. The van der Waals surface area contributed by atoms with Crippen LogP contribution in [0.25, 0.3) is 0 Å². The number of hydrogen-bond acceptors (Lipinski definition) is 2. The molecule has 0 aromatic heterocycles. The number of carbonyl (C=O) groups is 1. The first-order chi connectivity index (χ1) is 8.56. The normalized spacial score (nSPS) is 13.8. The van der Waals surface area contributed by atoms with E-state index in [1.165, 1.54) is 5.56 Å². The van der Waals surface area contributed by atoms with Crippen LogP contribution in [0.2, 0.25) is 0 Å². The van der Waals surface area contributed by atoms with Crippen molar-refractivity contribution < 1.29 is 4.79 Å². The molecule has 0 radical (unpaired) electrons. The molecule has 0 fully saturated rings. The Bertz CT molecular complexity index is 390. The minimum absolute atomic E-state index is 0.0475. The van der Waals surface area contributed by atoms with Gasteiger partial charge in [0.15, 0.2) is 0 Å². The maximum absolute atomic E-state index is 11.9. The van der Waals surface area contributed by atoms with Crippen LogP contribution in [0.15, 0.2) is 24.3 Å². The average molecular weight is 248 g/mol. The highest BCUT2D eigenvalue weighted by Crippen LogP contribution is 2.12. The molecule has 18 heavy (non-hydrogen) atoms. The summed E-state index contributed by atoms with van der Waals surface area (Å²) in [5, 5.41) is 6.21. The summed E-state index contributed by atoms with van der Waals surface area (Å²) in [6.45, 7) is 8.09. The fourth-order valence-electron chi connectivity index (χ4n) is 1.67. The SMILES string of the molecule is CCc1cccc(NC(C)C(=O)NC(C)CC)c1. The van der Waals surface area contributed by atoms with Gasteiger partial charge in [0.2, 0.25) is 5.91 Å². The Hall–Kier alpha value is -1.51. The Kier molecular flexibility index (Phi) is 5.69. The Balaban J connectivity index is 2.57. The molecular weight excluding hydrogens is 224 g/mol. The molecule has 0 saturated heterocycles. The average Bonchev–Trinajstić information content (AvgIpc) is 2.38. The summed E-state index contributed by atoms with van der Waals surface area (Å²) in [7, 11) is 0. The van der Waals surface area contributed by atoms with E-state index >= 15 is 0 Å². The van der Waals surface area contributed by atoms with Crippen molar-refractivity contribution in [1.29, 1.82) is 0 Å². The zero-order valence-corrected chi connectivity index (χ0v) is 11.8. The first-order valence-electron chi connectivity index (χ1n) is 6.72. The number of anilines is 1. The highest BCUT2D eigenvalue weighted by Gasteiger charge is 2.14. The lowest BCUT2D eigenvalue weighted by Crippen LogP contribution is -2.41. The molecule has 1 aromatic carbocycles. The highest BCUT2D eigenvalue weighted by molar-refractivity contribution is 5.84. The van der Waals surface area contributed by atoms with Crippen LogP contribution in [-0.4, -0.2) is 18.0 Å². The maximum Gasteiger partial charge on any atom is 0.242 e. The lowest BCUT2D eigenvalue weighted by Gasteiger charge is -2.18. The van der Waals surface area contributed by atoms with Gasteiger partial charge in [0, 0.05) is 11.7 Å². The molecule has 2 atom stereocenters. The maximum atomic E-state index is 11.9. The standard InChI is InChI=1S/C15H24N2O/c1-5-11(3)16-15(18)12(4)17-14-9-7-8-13(6-2)10-14/h7-12,17H,5-6H2,1-4H3,(H,16,18). The van der Waals surface area contributed by atoms with Crippen molar-refractivity contribution in [3.8, 4) is 0 Å². The van der Waals surface area contributed by atoms with E-state index < -0.39 is 0 Å². The lowest BCUT2D eigenvalue weighted by molar-refractivity contribution is -0.122. The smallest absolute Gasteiger partial charge is 0.242 e. The fraction of sp³-hybridized carbons (Fsp3) is 0.533. The number of amides is 1. The molecule has 0 bridgehead atoms. The van der Waals surface area contributed by atoms with Gasteiger partial charge >= 0.3 is 0 Å². The van der Waals surface area contributed by atoms with E-state index in [2.05, 4.69) is 36.6 Å². The molecule has 0 aliphatic carbocycles. The Labute approximate surface area is 110 Å². The zero-order chi connectivity index (χ0) is 13.5. The van der Waals surface area contributed by atoms with E-state index in [0.29, 0.717) is 0 Å². The van der Waals surface area contributed by atoms with Crippen molar-refractivity contribution >= 4 is 11.6 Å². The minimum Gasteiger partial charge on any atom is -0.374 e. The molecule has 0 saturated carbocycles. The second-order valence-corrected chi connectivity index (χ2v) is 4.74. The zero-order valence-electron chi connectivity index (χ0n) is 11.8. The first-order valence-corrected chi connectivity index (χ1v) is 6.72. The van der Waals surface area contributed by atoms with Crippen LogP contribution in [-0.2, 0) is 11.2 Å². The number of hydrogen-bond donors (Lipinski definition) is 2. The molecule has 2 N–H and O–H groups in total. The second kappa shape index (κ2) is 7.04. The summed E-state index contributed by atoms with van der Waals surface area (Å²) in [6, 6.07) is 8.20. The molecule has 1 amide bonds. The topological polar surface area (TPSA) is 41.1 Å². The molecule has 0 aliphatic rings. The van der Waals surface area contributed by atoms with Crippen LogP contribution in [0, 0.1) is 0 Å². The lowest BCUT2D eigenvalue weighted by atomic mass is 10.1. The van der Waals surface area contributed by atoms with Crippen LogP contribution < -0.4 is 10.6 Å². The van der Waals surface area contributed by atoms with E-state index in [4.69, 9.17) is 0 Å². The molecule has 1 aromatic rings. The van der Waals surface area contributed by atoms with Gasteiger partial charge in [-0.3, -0.25) is 4.79 Å². The highest BCUT2D eigenvalue weighted by atomic mass is 16.2. The van der Waals surface area contributed by atoms with Crippen LogP contribution in [0.1, 0.15) is 39.7 Å². The molecule has 100 valence electrons. The van der Waals surface area contributed by atoms with E-state index in [1.54, 1.807) is 0 Å². The number of rotatable bonds is 6. The Morgan fingerprint density at radius 2 is 2.00 bits per heavy atom. The van der Waals surface area contributed by atoms with Crippen molar-refractivity contribution in [3.05, 3.63) is 29.8 Å². The molecule has 3 nitrogen and oxygen atoms in total. The summed E-state index contributed by atoms with van der Waals surface area (Å²) < 4.78 is 0. The van der Waals surface area contributed by atoms with Gasteiger partial charge in [-0.05, 0) is 44.4 Å². The summed E-state index contributed by atoms with van der Waals surface area (Å²) in [6.07, 6.45) is 1.95. The van der Waals surface area contributed by atoms with E-state index in [1.807, 2.05) is 26.0 Å². The quantitative estimate of drug-likeness (QED) is 0.812. The number of nitrogens with one attached hydrogen (secondary N) is 2. The van der Waals surface area contributed by atoms with Gasteiger partial charge in [-0.2, -0.15) is 0 Å². The Morgan fingerprint density at radius 1 is 1.28 bits per heavy atom. The van der Waals surface area contributed by atoms with Crippen molar-refractivity contribution in [2.75, 3.05) is 5.32 Å². The van der Waals surface area contributed by atoms with Gasteiger partial charge in [-0.15, -0.1) is 0 Å². The third-order valence-corrected chi connectivity index (χ3v) is 3.11. The molecule has 0 spiro atoms. The molecule has 1 rings (SSSR count). The number of carbonyl (C=O) groups excluding carboxylic acids is 1. The predicted molar refractivity (Wildman–Crippen MR) is 76.8 cm³/mol. The summed E-state index contributed by atoms with van der Waals surface area (Å²) >= 11 is 0. The fourth-order valence-corrected chi connectivity index (χ4v) is 1.67. The number of aryl methyl sites for hydroxylation is 1. The van der Waals surface area contributed by atoms with Gasteiger partial charge in [0.1, 0.15) is 6.04 Å². The van der Waals surface area contributed by atoms with Crippen molar-refractivity contribution in [3.63, 3.8) is 0 Å². The summed E-state index contributed by atoms with van der Waals surface area (Å²) in [4.78, 5) is 11.9. The monoisotopic (exact) mass is 248 g/mol. The van der Waals surface area contributed by atoms with Crippen LogP contribution in [0.5, 0.6) is 0 Å². The molecule has 2 unspecified atom stereocenters. The van der Waals surface area contributed by atoms with Crippen molar-refractivity contribution in [1.82, 2.24) is 5.32 Å². The van der Waals surface area contributed by atoms with Gasteiger partial charge in [0.05, 0.1) is 0 Å². The Morgan fingerprint density at radius 3 is 2.61 bits per heavy atom. The molecule has 0 aliphatic heterocycles. The number of benzene rings is 1. The van der Waals surface area contributed by atoms with E-state index in [-0.39, 0.29) is 18.0 Å². The van der Waals surface area contributed by atoms with Gasteiger partial charge in [-0.1, -0.05) is 26.0 Å². The van der Waals surface area contributed by atoms with Crippen molar-refractivity contribution in [2.24, 2.45) is 0 Å². The third kappa shape index (κ3) is 4.40. The molecular formula is C15H24N2O. The predicted octanol–water partition coefficient (Wildman–Crippen LogP) is 2.96. The second-order valence-electron chi connectivity index (χ2n) is 4.74.